The monoisotopic (exact) mass is 362 g/mol. The van der Waals surface area contributed by atoms with Gasteiger partial charge in [0.05, 0.1) is 5.69 Å². The van der Waals surface area contributed by atoms with Crippen LogP contribution in [0.5, 0.6) is 11.5 Å². The quantitative estimate of drug-likeness (QED) is 0.649. The second-order valence-corrected chi connectivity index (χ2v) is 6.01. The Kier molecular flexibility index (Phi) is 5.99. The first-order valence-corrected chi connectivity index (χ1v) is 8.88. The topological polar surface area (TPSA) is 76.1 Å². The van der Waals surface area contributed by atoms with Crippen molar-refractivity contribution in [3.8, 4) is 11.5 Å². The van der Waals surface area contributed by atoms with E-state index in [0.717, 1.165) is 12.2 Å². The minimum absolute atomic E-state index is 0.209. The number of nitrogens with zero attached hydrogens (tertiary/aromatic N) is 2. The summed E-state index contributed by atoms with van der Waals surface area (Å²) in [5.74, 6) is 1.52. The molecule has 2 aromatic carbocycles. The number of hydrogen-bond acceptors (Lipinski definition) is 5. The summed E-state index contributed by atoms with van der Waals surface area (Å²) in [6.45, 7) is 4.44. The number of anilines is 2. The maximum atomic E-state index is 12.2. The summed E-state index contributed by atoms with van der Waals surface area (Å²) < 4.78 is 5.95. The Bertz CT molecular complexity index is 913. The fourth-order valence-electron chi connectivity index (χ4n) is 2.46. The number of para-hydroxylation sites is 3. The van der Waals surface area contributed by atoms with E-state index in [4.69, 9.17) is 4.74 Å². The largest absolute Gasteiger partial charge is 0.455 e. The van der Waals surface area contributed by atoms with Crippen molar-refractivity contribution in [1.29, 1.82) is 0 Å². The van der Waals surface area contributed by atoms with Gasteiger partial charge in [0.15, 0.2) is 5.75 Å². The van der Waals surface area contributed by atoms with Gasteiger partial charge in [0.1, 0.15) is 11.4 Å². The van der Waals surface area contributed by atoms with Crippen LogP contribution in [0.15, 0.2) is 60.7 Å². The van der Waals surface area contributed by atoms with Crippen LogP contribution in [0.3, 0.4) is 0 Å². The van der Waals surface area contributed by atoms with Crippen LogP contribution < -0.4 is 15.4 Å². The Morgan fingerprint density at radius 3 is 2.56 bits per heavy atom. The minimum atomic E-state index is -0.209. The zero-order valence-corrected chi connectivity index (χ0v) is 15.4. The van der Waals surface area contributed by atoms with Gasteiger partial charge in [0.2, 0.25) is 5.95 Å². The van der Waals surface area contributed by atoms with Crippen LogP contribution in [-0.2, 0) is 0 Å². The molecule has 0 aliphatic heterocycles. The molecule has 1 heterocycles. The van der Waals surface area contributed by atoms with Crippen molar-refractivity contribution in [3.63, 3.8) is 0 Å². The summed E-state index contributed by atoms with van der Waals surface area (Å²) in [5, 5.41) is 5.99. The molecule has 3 aromatic rings. The summed E-state index contributed by atoms with van der Waals surface area (Å²) in [6.07, 6.45) is 0.866. The van der Waals surface area contributed by atoms with Gasteiger partial charge >= 0.3 is 0 Å². The van der Waals surface area contributed by atoms with E-state index in [1.54, 1.807) is 6.07 Å². The smallest absolute Gasteiger partial charge is 0.270 e. The van der Waals surface area contributed by atoms with Gasteiger partial charge in [-0.1, -0.05) is 37.3 Å². The molecule has 0 atom stereocenters. The molecule has 0 spiro atoms. The van der Waals surface area contributed by atoms with E-state index in [-0.39, 0.29) is 5.91 Å². The summed E-state index contributed by atoms with van der Waals surface area (Å²) >= 11 is 0. The van der Waals surface area contributed by atoms with Gasteiger partial charge in [-0.05, 0) is 43.7 Å². The number of nitrogens with one attached hydrogen (secondary N) is 2. The lowest BCUT2D eigenvalue weighted by Crippen LogP contribution is -2.25. The summed E-state index contributed by atoms with van der Waals surface area (Å²) in [5.41, 5.74) is 1.75. The van der Waals surface area contributed by atoms with E-state index >= 15 is 0 Å². The van der Waals surface area contributed by atoms with Crippen LogP contribution in [0.2, 0.25) is 0 Å². The van der Waals surface area contributed by atoms with Crippen LogP contribution in [0.25, 0.3) is 0 Å². The third-order valence-electron chi connectivity index (χ3n) is 3.73. The van der Waals surface area contributed by atoms with Crippen LogP contribution in [0.4, 0.5) is 11.6 Å². The van der Waals surface area contributed by atoms with Gasteiger partial charge < -0.3 is 15.4 Å². The molecular weight excluding hydrogens is 340 g/mol. The van der Waals surface area contributed by atoms with Gasteiger partial charge in [-0.2, -0.15) is 0 Å². The van der Waals surface area contributed by atoms with Crippen molar-refractivity contribution in [1.82, 2.24) is 15.3 Å². The number of benzene rings is 2. The lowest BCUT2D eigenvalue weighted by molar-refractivity contribution is 0.0948. The van der Waals surface area contributed by atoms with Crippen molar-refractivity contribution in [2.45, 2.75) is 20.3 Å². The lowest BCUT2D eigenvalue weighted by atomic mass is 10.3. The first-order valence-electron chi connectivity index (χ1n) is 8.88. The van der Waals surface area contributed by atoms with Crippen LogP contribution in [0, 0.1) is 6.92 Å². The number of aryl methyl sites for hydroxylation is 1. The molecule has 2 N–H and O–H groups in total. The Balaban J connectivity index is 1.83. The number of hydrogen-bond donors (Lipinski definition) is 2. The molecule has 138 valence electrons. The second kappa shape index (κ2) is 8.80. The first-order chi connectivity index (χ1) is 13.2. The predicted molar refractivity (Wildman–Crippen MR) is 106 cm³/mol. The summed E-state index contributed by atoms with van der Waals surface area (Å²) in [7, 11) is 0. The highest BCUT2D eigenvalue weighted by Gasteiger charge is 2.12. The van der Waals surface area contributed by atoms with Crippen molar-refractivity contribution in [2.24, 2.45) is 0 Å². The van der Waals surface area contributed by atoms with Crippen molar-refractivity contribution >= 4 is 17.5 Å². The van der Waals surface area contributed by atoms with Crippen LogP contribution in [0.1, 0.15) is 29.5 Å². The first kappa shape index (κ1) is 18.4. The zero-order valence-electron chi connectivity index (χ0n) is 15.4. The maximum Gasteiger partial charge on any atom is 0.270 e. The number of amides is 1. The maximum absolute atomic E-state index is 12.2. The third kappa shape index (κ3) is 5.04. The zero-order chi connectivity index (χ0) is 19.1. The van der Waals surface area contributed by atoms with E-state index in [1.165, 1.54) is 0 Å². The fourth-order valence-corrected chi connectivity index (χ4v) is 2.46. The number of rotatable bonds is 7. The molecule has 6 heteroatoms. The van der Waals surface area contributed by atoms with E-state index in [0.29, 0.717) is 35.3 Å². The number of carbonyl (C=O) groups is 1. The molecule has 0 fully saturated rings. The third-order valence-corrected chi connectivity index (χ3v) is 3.73. The molecule has 6 nitrogen and oxygen atoms in total. The lowest BCUT2D eigenvalue weighted by Gasteiger charge is -2.13. The molecule has 0 unspecified atom stereocenters. The van der Waals surface area contributed by atoms with E-state index in [1.807, 2.05) is 68.4 Å². The molecule has 0 saturated heterocycles. The number of aromatic nitrogens is 2. The number of ether oxygens (including phenoxy) is 1. The Hall–Kier alpha value is -3.41. The van der Waals surface area contributed by atoms with Crippen molar-refractivity contribution in [3.05, 3.63) is 72.1 Å². The summed E-state index contributed by atoms with van der Waals surface area (Å²) in [4.78, 5) is 20.9. The number of carbonyl (C=O) groups excluding carboxylic acids is 1. The fraction of sp³-hybridized carbons (Fsp3) is 0.190. The molecule has 1 aromatic heterocycles. The van der Waals surface area contributed by atoms with Crippen LogP contribution in [-0.4, -0.2) is 22.4 Å². The van der Waals surface area contributed by atoms with Gasteiger partial charge in [0, 0.05) is 12.2 Å². The van der Waals surface area contributed by atoms with E-state index < -0.39 is 0 Å². The Labute approximate surface area is 158 Å². The Morgan fingerprint density at radius 1 is 1.04 bits per heavy atom. The average Bonchev–Trinajstić information content (AvgIpc) is 2.68. The highest BCUT2D eigenvalue weighted by Crippen LogP contribution is 2.30. The molecule has 1 amide bonds. The molecule has 0 aliphatic carbocycles. The average molecular weight is 362 g/mol. The SMILES string of the molecule is CCCNC(=O)c1cc(C)nc(Nc2ccccc2Oc2ccccc2)n1. The molecule has 0 aliphatic rings. The highest BCUT2D eigenvalue weighted by molar-refractivity contribution is 5.92. The van der Waals surface area contributed by atoms with Gasteiger partial charge in [-0.15, -0.1) is 0 Å². The predicted octanol–water partition coefficient (Wildman–Crippen LogP) is 4.46. The van der Waals surface area contributed by atoms with Crippen molar-refractivity contribution in [2.75, 3.05) is 11.9 Å². The molecule has 0 bridgehead atoms. The molecular formula is C21H22N4O2. The van der Waals surface area contributed by atoms with Crippen molar-refractivity contribution < 1.29 is 9.53 Å². The van der Waals surface area contributed by atoms with E-state index in [2.05, 4.69) is 20.6 Å². The van der Waals surface area contributed by atoms with Gasteiger partial charge in [-0.3, -0.25) is 4.79 Å². The summed E-state index contributed by atoms with van der Waals surface area (Å²) in [6, 6.07) is 18.7. The Morgan fingerprint density at radius 2 is 1.78 bits per heavy atom. The minimum Gasteiger partial charge on any atom is -0.455 e. The second-order valence-electron chi connectivity index (χ2n) is 6.01. The van der Waals surface area contributed by atoms with Gasteiger partial charge in [-0.25, -0.2) is 9.97 Å². The molecule has 0 radical (unpaired) electrons. The van der Waals surface area contributed by atoms with Gasteiger partial charge in [0.25, 0.3) is 5.91 Å². The normalized spacial score (nSPS) is 10.3. The molecule has 27 heavy (non-hydrogen) atoms. The highest BCUT2D eigenvalue weighted by atomic mass is 16.5. The molecule has 3 rings (SSSR count). The molecule has 0 saturated carbocycles. The standard InChI is InChI=1S/C21H22N4O2/c1-3-13-22-20(26)18-14-15(2)23-21(25-18)24-17-11-7-8-12-19(17)27-16-9-5-4-6-10-16/h4-12,14H,3,13H2,1-2H3,(H,22,26)(H,23,24,25). The van der Waals surface area contributed by atoms with Crippen LogP contribution >= 0.6 is 0 Å². The van der Waals surface area contributed by atoms with E-state index in [9.17, 15) is 4.79 Å².